The molecule has 8 heavy (non-hydrogen) atoms. The van der Waals surface area contributed by atoms with E-state index < -0.39 is 0 Å². The molecule has 0 radical (unpaired) electrons. The Morgan fingerprint density at radius 3 is 2.62 bits per heavy atom. The minimum absolute atomic E-state index is 0.243. The van der Waals surface area contributed by atoms with Gasteiger partial charge in [-0.2, -0.15) is 4.79 Å². The van der Waals surface area contributed by atoms with Gasteiger partial charge in [-0.1, -0.05) is 6.92 Å². The second kappa shape index (κ2) is 4.22. The number of nitrogens with zero attached hydrogens (tertiary/aromatic N) is 2. The van der Waals surface area contributed by atoms with E-state index in [1.807, 2.05) is 6.92 Å². The maximum absolute atomic E-state index is 9.74. The molecular weight excluding hydrogens is 104 g/mol. The topological polar surface area (TPSA) is 53.5 Å². The van der Waals surface area contributed by atoms with Crippen LogP contribution in [-0.4, -0.2) is 16.8 Å². The predicted molar refractivity (Wildman–Crippen MR) is 29.6 cm³/mol. The third kappa shape index (κ3) is 2.26. The van der Waals surface area contributed by atoms with Crippen molar-refractivity contribution in [3.05, 3.63) is 5.53 Å². The first-order valence-electron chi connectivity index (χ1n) is 2.48. The summed E-state index contributed by atoms with van der Waals surface area (Å²) in [6.07, 6.45) is 1.60. The highest BCUT2D eigenvalue weighted by atomic mass is 16.1. The van der Waals surface area contributed by atoms with Gasteiger partial charge in [0, 0.05) is 6.42 Å². The van der Waals surface area contributed by atoms with Gasteiger partial charge in [-0.15, -0.1) is 0 Å². The number of rotatable bonds is 3. The van der Waals surface area contributed by atoms with Crippen molar-refractivity contribution in [3.8, 4) is 0 Å². The first-order chi connectivity index (χ1) is 3.85. The maximum atomic E-state index is 9.74. The summed E-state index contributed by atoms with van der Waals surface area (Å²) in [7, 11) is 0. The number of hydrogen-bond donors (Lipinski definition) is 0. The summed E-state index contributed by atoms with van der Waals surface area (Å²) >= 11 is 0. The molecule has 0 N–H and O–H groups in total. The van der Waals surface area contributed by atoms with Crippen LogP contribution in [0.1, 0.15) is 19.8 Å². The van der Waals surface area contributed by atoms with E-state index in [1.165, 1.54) is 0 Å². The van der Waals surface area contributed by atoms with E-state index in [0.717, 1.165) is 6.29 Å². The maximum Gasteiger partial charge on any atom is 0.275 e. The van der Waals surface area contributed by atoms with Gasteiger partial charge in [-0.25, -0.2) is 0 Å². The van der Waals surface area contributed by atoms with Crippen LogP contribution in [0.15, 0.2) is 0 Å². The quantitative estimate of drug-likeness (QED) is 0.229. The molecule has 0 spiro atoms. The van der Waals surface area contributed by atoms with Crippen molar-refractivity contribution in [2.45, 2.75) is 19.8 Å². The van der Waals surface area contributed by atoms with Crippen molar-refractivity contribution < 1.29 is 9.58 Å². The Morgan fingerprint density at radius 2 is 2.50 bits per heavy atom. The number of hydrogen-bond acceptors (Lipinski definition) is 1. The van der Waals surface area contributed by atoms with Crippen molar-refractivity contribution >= 4 is 12.0 Å². The Balaban J connectivity index is 3.72. The first-order valence-corrected chi connectivity index (χ1v) is 2.48. The summed E-state index contributed by atoms with van der Waals surface area (Å²) in [5, 5.41) is 0. The summed E-state index contributed by atoms with van der Waals surface area (Å²) in [6, 6.07) is 0. The number of aldehydes is 1. The fourth-order valence-corrected chi connectivity index (χ4v) is 0.352. The van der Waals surface area contributed by atoms with E-state index in [9.17, 15) is 4.79 Å². The normalized spacial score (nSPS) is 7.62. The third-order valence-electron chi connectivity index (χ3n) is 0.868. The van der Waals surface area contributed by atoms with Gasteiger partial charge in [0.25, 0.3) is 5.71 Å². The average molecular weight is 112 g/mol. The molecule has 0 heterocycles. The second-order valence-corrected chi connectivity index (χ2v) is 1.39. The van der Waals surface area contributed by atoms with Gasteiger partial charge >= 0.3 is 0 Å². The van der Waals surface area contributed by atoms with E-state index in [-0.39, 0.29) is 6.42 Å². The number of carbonyl (C=O) groups is 1. The van der Waals surface area contributed by atoms with Crippen LogP contribution in [0.5, 0.6) is 0 Å². The van der Waals surface area contributed by atoms with E-state index in [0.29, 0.717) is 12.1 Å². The Bertz CT molecular complexity index is 124. The smallest absolute Gasteiger partial charge is 0.275 e. The molecule has 0 fully saturated rings. The fourth-order valence-electron chi connectivity index (χ4n) is 0.352. The van der Waals surface area contributed by atoms with Crippen LogP contribution in [0.4, 0.5) is 0 Å². The average Bonchev–Trinajstić information content (AvgIpc) is 1.83. The highest BCUT2D eigenvalue weighted by molar-refractivity contribution is 5.89. The zero-order chi connectivity index (χ0) is 6.41. The Kier molecular flexibility index (Phi) is 3.71. The molecule has 0 aliphatic carbocycles. The molecule has 0 amide bonds. The van der Waals surface area contributed by atoms with Crippen LogP contribution < -0.4 is 0 Å². The summed E-state index contributed by atoms with van der Waals surface area (Å²) in [4.78, 5) is 12.6. The van der Waals surface area contributed by atoms with E-state index in [2.05, 4.69) is 4.79 Å². The van der Waals surface area contributed by atoms with Crippen LogP contribution in [0.25, 0.3) is 5.53 Å². The molecule has 0 rings (SSSR count). The summed E-state index contributed by atoms with van der Waals surface area (Å²) < 4.78 is 0. The highest BCUT2D eigenvalue weighted by Gasteiger charge is 2.00. The first kappa shape index (κ1) is 7.05. The minimum atomic E-state index is 0.243. The molecule has 0 bridgehead atoms. The molecule has 0 saturated carbocycles. The van der Waals surface area contributed by atoms with Gasteiger partial charge in [0.05, 0.1) is 0 Å². The molecular formula is C5H8N2O. The van der Waals surface area contributed by atoms with Gasteiger partial charge < -0.3 is 10.3 Å². The van der Waals surface area contributed by atoms with Crippen LogP contribution >= 0.6 is 0 Å². The predicted octanol–water partition coefficient (Wildman–Crippen LogP) is 0.656. The minimum Gasteiger partial charge on any atom is -0.362 e. The standard InChI is InChI=1S/C5H8N2O/c1-2-5(7-6)3-4-8/h4H,2-3H2,1H3. The Morgan fingerprint density at radius 1 is 1.88 bits per heavy atom. The molecule has 3 heteroatoms. The monoisotopic (exact) mass is 112 g/mol. The van der Waals surface area contributed by atoms with Crippen molar-refractivity contribution in [2.24, 2.45) is 0 Å². The van der Waals surface area contributed by atoms with Gasteiger partial charge in [0.1, 0.15) is 12.7 Å². The van der Waals surface area contributed by atoms with Crippen molar-refractivity contribution in [3.63, 3.8) is 0 Å². The van der Waals surface area contributed by atoms with E-state index >= 15 is 0 Å². The third-order valence-corrected chi connectivity index (χ3v) is 0.868. The summed E-state index contributed by atoms with van der Waals surface area (Å²) in [5.41, 5.74) is 8.61. The zero-order valence-electron chi connectivity index (χ0n) is 4.79. The molecule has 0 saturated heterocycles. The second-order valence-electron chi connectivity index (χ2n) is 1.39. The summed E-state index contributed by atoms with van der Waals surface area (Å²) in [5.74, 6) is 0. The largest absolute Gasteiger partial charge is 0.362 e. The van der Waals surface area contributed by atoms with Crippen molar-refractivity contribution in [1.82, 2.24) is 0 Å². The van der Waals surface area contributed by atoms with Gasteiger partial charge in [-0.05, 0) is 0 Å². The fraction of sp³-hybridized carbons (Fsp3) is 0.600. The van der Waals surface area contributed by atoms with Gasteiger partial charge in [0.15, 0.2) is 0 Å². The Labute approximate surface area is 47.9 Å². The molecule has 0 aliphatic rings. The molecule has 0 atom stereocenters. The lowest BCUT2D eigenvalue weighted by Crippen LogP contribution is -1.96. The molecule has 0 unspecified atom stereocenters. The lowest BCUT2D eigenvalue weighted by atomic mass is 10.2. The molecule has 0 aromatic carbocycles. The molecule has 44 valence electrons. The van der Waals surface area contributed by atoms with Gasteiger partial charge in [-0.3, -0.25) is 0 Å². The molecule has 0 aliphatic heterocycles. The van der Waals surface area contributed by atoms with Crippen LogP contribution in [0, 0.1) is 0 Å². The molecule has 3 nitrogen and oxygen atoms in total. The van der Waals surface area contributed by atoms with Crippen LogP contribution in [0.3, 0.4) is 0 Å². The van der Waals surface area contributed by atoms with Gasteiger partial charge in [0.2, 0.25) is 0 Å². The van der Waals surface area contributed by atoms with E-state index in [4.69, 9.17) is 5.53 Å². The van der Waals surface area contributed by atoms with Crippen molar-refractivity contribution in [1.29, 1.82) is 0 Å². The number of carbonyl (C=O) groups excluding carboxylic acids is 1. The lowest BCUT2D eigenvalue weighted by molar-refractivity contribution is -0.107. The Hall–Kier alpha value is -0.950. The van der Waals surface area contributed by atoms with E-state index in [1.54, 1.807) is 0 Å². The van der Waals surface area contributed by atoms with Crippen LogP contribution in [0.2, 0.25) is 0 Å². The molecule has 0 aromatic rings. The van der Waals surface area contributed by atoms with Crippen molar-refractivity contribution in [2.75, 3.05) is 0 Å². The lowest BCUT2D eigenvalue weighted by Gasteiger charge is -1.76. The molecule has 0 aromatic heterocycles. The zero-order valence-corrected chi connectivity index (χ0v) is 4.79. The SMILES string of the molecule is CCC(CC=O)=[N+]=[N-]. The summed E-state index contributed by atoms with van der Waals surface area (Å²) in [6.45, 7) is 1.83. The highest BCUT2D eigenvalue weighted by Crippen LogP contribution is 1.82. The van der Waals surface area contributed by atoms with Crippen LogP contribution in [-0.2, 0) is 4.79 Å².